The number of benzene rings is 3. The molecule has 0 bridgehead atoms. The zero-order valence-corrected chi connectivity index (χ0v) is 18.7. The number of hydrogen-bond acceptors (Lipinski definition) is 6. The number of aliphatic imine (C=N–C) groups is 1. The SMILES string of the molecule is O=C1OC(c2ccc([N+](=O)[O-])cc2Cl)=N/C1=C\c1ccc(OCc2ccc(Br)cc2)cc1. The van der Waals surface area contributed by atoms with Gasteiger partial charge in [0.2, 0.25) is 5.90 Å². The Bertz CT molecular complexity index is 1250. The standard InChI is InChI=1S/C23H14BrClN2O5/c24-16-5-1-15(2-6-16)13-31-18-8-3-14(4-9-18)11-21-23(28)32-22(26-21)19-10-7-17(27(29)30)12-20(19)25/h1-12H,13H2/b21-11-. The lowest BCUT2D eigenvalue weighted by Gasteiger charge is -2.06. The molecule has 0 atom stereocenters. The van der Waals surface area contributed by atoms with Gasteiger partial charge in [0.15, 0.2) is 5.70 Å². The number of rotatable bonds is 6. The second-order valence-electron chi connectivity index (χ2n) is 6.74. The van der Waals surface area contributed by atoms with E-state index in [0.29, 0.717) is 17.9 Å². The van der Waals surface area contributed by atoms with E-state index in [0.717, 1.165) is 15.6 Å². The Morgan fingerprint density at radius 1 is 1.09 bits per heavy atom. The number of nitrogens with zero attached hydrogens (tertiary/aromatic N) is 2. The summed E-state index contributed by atoms with van der Waals surface area (Å²) in [5.41, 5.74) is 2.00. The van der Waals surface area contributed by atoms with Crippen LogP contribution in [0.3, 0.4) is 0 Å². The molecule has 3 aromatic carbocycles. The Balaban J connectivity index is 1.47. The maximum Gasteiger partial charge on any atom is 0.363 e. The zero-order valence-electron chi connectivity index (χ0n) is 16.3. The Morgan fingerprint density at radius 3 is 2.47 bits per heavy atom. The van der Waals surface area contributed by atoms with Gasteiger partial charge in [0.25, 0.3) is 5.69 Å². The van der Waals surface area contributed by atoms with Crippen LogP contribution in [0.4, 0.5) is 5.69 Å². The van der Waals surface area contributed by atoms with Crippen molar-refractivity contribution in [1.29, 1.82) is 0 Å². The molecule has 0 saturated carbocycles. The number of hydrogen-bond donors (Lipinski definition) is 0. The number of halogens is 2. The molecule has 0 amide bonds. The molecule has 0 aliphatic carbocycles. The van der Waals surface area contributed by atoms with Gasteiger partial charge >= 0.3 is 5.97 Å². The van der Waals surface area contributed by atoms with E-state index in [-0.39, 0.29) is 22.3 Å². The molecule has 1 heterocycles. The molecule has 0 aromatic heterocycles. The second-order valence-corrected chi connectivity index (χ2v) is 8.06. The van der Waals surface area contributed by atoms with Crippen molar-refractivity contribution in [3.8, 4) is 5.75 Å². The van der Waals surface area contributed by atoms with Crippen molar-refractivity contribution in [2.75, 3.05) is 0 Å². The first-order valence-electron chi connectivity index (χ1n) is 9.33. The molecular formula is C23H14BrClN2O5. The van der Waals surface area contributed by atoms with E-state index in [1.54, 1.807) is 30.3 Å². The van der Waals surface area contributed by atoms with Crippen LogP contribution in [0.5, 0.6) is 5.75 Å². The summed E-state index contributed by atoms with van der Waals surface area (Å²) >= 11 is 9.49. The molecule has 4 rings (SSSR count). The topological polar surface area (TPSA) is 91.0 Å². The lowest BCUT2D eigenvalue weighted by atomic mass is 10.2. The molecule has 0 spiro atoms. The number of nitro benzene ring substituents is 1. The predicted octanol–water partition coefficient (Wildman–Crippen LogP) is 5.93. The summed E-state index contributed by atoms with van der Waals surface area (Å²) in [6, 6.07) is 18.9. The van der Waals surface area contributed by atoms with E-state index in [2.05, 4.69) is 20.9 Å². The molecule has 0 N–H and O–H groups in total. The number of ether oxygens (including phenoxy) is 2. The zero-order chi connectivity index (χ0) is 22.7. The predicted molar refractivity (Wildman–Crippen MR) is 124 cm³/mol. The lowest BCUT2D eigenvalue weighted by molar-refractivity contribution is -0.384. The fourth-order valence-corrected chi connectivity index (χ4v) is 3.40. The van der Waals surface area contributed by atoms with Crippen LogP contribution in [0.1, 0.15) is 16.7 Å². The van der Waals surface area contributed by atoms with Gasteiger partial charge in [-0.15, -0.1) is 0 Å². The molecule has 7 nitrogen and oxygen atoms in total. The van der Waals surface area contributed by atoms with Crippen LogP contribution in [0.25, 0.3) is 6.08 Å². The Morgan fingerprint density at radius 2 is 1.81 bits per heavy atom. The monoisotopic (exact) mass is 512 g/mol. The van der Waals surface area contributed by atoms with Crippen LogP contribution in [0.15, 0.2) is 81.9 Å². The van der Waals surface area contributed by atoms with Gasteiger partial charge in [-0.2, -0.15) is 0 Å². The number of carbonyl (C=O) groups excluding carboxylic acids is 1. The summed E-state index contributed by atoms with van der Waals surface area (Å²) in [5.74, 6) is 0.0477. The van der Waals surface area contributed by atoms with Crippen LogP contribution >= 0.6 is 27.5 Å². The summed E-state index contributed by atoms with van der Waals surface area (Å²) < 4.78 is 12.0. The molecule has 0 radical (unpaired) electrons. The van der Waals surface area contributed by atoms with E-state index in [9.17, 15) is 14.9 Å². The maximum absolute atomic E-state index is 12.2. The van der Waals surface area contributed by atoms with Gasteiger partial charge in [0.05, 0.1) is 15.5 Å². The van der Waals surface area contributed by atoms with Gasteiger partial charge in [-0.05, 0) is 47.5 Å². The maximum atomic E-state index is 12.2. The summed E-state index contributed by atoms with van der Waals surface area (Å²) in [4.78, 5) is 26.7. The van der Waals surface area contributed by atoms with Crippen molar-refractivity contribution in [3.63, 3.8) is 0 Å². The number of cyclic esters (lactones) is 1. The number of esters is 1. The highest BCUT2D eigenvalue weighted by molar-refractivity contribution is 9.10. The molecule has 0 saturated heterocycles. The molecular weight excluding hydrogens is 500 g/mol. The van der Waals surface area contributed by atoms with Crippen molar-refractivity contribution >= 4 is 51.2 Å². The Labute approximate surface area is 196 Å². The average Bonchev–Trinajstić information content (AvgIpc) is 3.14. The van der Waals surface area contributed by atoms with E-state index >= 15 is 0 Å². The van der Waals surface area contributed by atoms with Crippen molar-refractivity contribution in [2.24, 2.45) is 4.99 Å². The third-order valence-corrected chi connectivity index (χ3v) is 5.36. The number of non-ortho nitro benzene ring substituents is 1. The first-order valence-corrected chi connectivity index (χ1v) is 10.5. The Hall–Kier alpha value is -3.49. The Kier molecular flexibility index (Phi) is 6.34. The van der Waals surface area contributed by atoms with Crippen molar-refractivity contribution in [1.82, 2.24) is 0 Å². The molecule has 0 fully saturated rings. The summed E-state index contributed by atoms with van der Waals surface area (Å²) in [7, 11) is 0. The highest BCUT2D eigenvalue weighted by Gasteiger charge is 2.26. The fourth-order valence-electron chi connectivity index (χ4n) is 2.88. The highest BCUT2D eigenvalue weighted by atomic mass is 79.9. The summed E-state index contributed by atoms with van der Waals surface area (Å²) in [6.07, 6.45) is 1.58. The number of nitro groups is 1. The normalized spacial score (nSPS) is 14.2. The van der Waals surface area contributed by atoms with Crippen LogP contribution in [-0.2, 0) is 16.1 Å². The molecule has 32 heavy (non-hydrogen) atoms. The average molecular weight is 514 g/mol. The minimum atomic E-state index is -0.634. The molecule has 3 aromatic rings. The first-order chi connectivity index (χ1) is 15.4. The minimum absolute atomic E-state index is 0.00407. The van der Waals surface area contributed by atoms with E-state index in [4.69, 9.17) is 21.1 Å². The smallest absolute Gasteiger partial charge is 0.363 e. The van der Waals surface area contributed by atoms with Crippen molar-refractivity contribution < 1.29 is 19.2 Å². The third kappa shape index (κ3) is 5.04. The third-order valence-electron chi connectivity index (χ3n) is 4.52. The molecule has 1 aliphatic rings. The highest BCUT2D eigenvalue weighted by Crippen LogP contribution is 2.27. The van der Waals surface area contributed by atoms with Gasteiger partial charge in [-0.3, -0.25) is 10.1 Å². The lowest BCUT2D eigenvalue weighted by Crippen LogP contribution is -2.06. The van der Waals surface area contributed by atoms with Gasteiger partial charge in [0, 0.05) is 16.6 Å². The largest absolute Gasteiger partial charge is 0.489 e. The van der Waals surface area contributed by atoms with Gasteiger partial charge in [-0.25, -0.2) is 9.79 Å². The molecule has 9 heteroatoms. The minimum Gasteiger partial charge on any atom is -0.489 e. The number of carbonyl (C=O) groups is 1. The summed E-state index contributed by atoms with van der Waals surface area (Å²) in [6.45, 7) is 0.434. The van der Waals surface area contributed by atoms with E-state index in [1.807, 2.05) is 24.3 Å². The van der Waals surface area contributed by atoms with E-state index in [1.165, 1.54) is 18.2 Å². The van der Waals surface area contributed by atoms with Gasteiger partial charge in [0.1, 0.15) is 12.4 Å². The van der Waals surface area contributed by atoms with Crippen LogP contribution in [0, 0.1) is 10.1 Å². The van der Waals surface area contributed by atoms with Crippen LogP contribution in [-0.4, -0.2) is 16.8 Å². The van der Waals surface area contributed by atoms with E-state index < -0.39 is 10.9 Å². The second kappa shape index (κ2) is 9.33. The van der Waals surface area contributed by atoms with Crippen molar-refractivity contribution in [3.05, 3.63) is 109 Å². The van der Waals surface area contributed by atoms with Crippen molar-refractivity contribution in [2.45, 2.75) is 6.61 Å². The van der Waals surface area contributed by atoms with Gasteiger partial charge < -0.3 is 9.47 Å². The quantitative estimate of drug-likeness (QED) is 0.176. The molecule has 0 unspecified atom stereocenters. The first kappa shape index (κ1) is 21.7. The molecule has 1 aliphatic heterocycles. The van der Waals surface area contributed by atoms with Crippen LogP contribution < -0.4 is 4.74 Å². The fraction of sp³-hybridized carbons (Fsp3) is 0.0435. The van der Waals surface area contributed by atoms with Crippen LogP contribution in [0.2, 0.25) is 5.02 Å². The molecule has 160 valence electrons. The van der Waals surface area contributed by atoms with Gasteiger partial charge in [-0.1, -0.05) is 51.8 Å². The summed E-state index contributed by atoms with van der Waals surface area (Å²) in [5, 5.41) is 10.9.